The molecule has 3 unspecified atom stereocenters. The second-order valence-corrected chi connectivity index (χ2v) is 7.73. The Morgan fingerprint density at radius 3 is 2.69 bits per heavy atom. The zero-order valence-corrected chi connectivity index (χ0v) is 17.0. The van der Waals surface area contributed by atoms with Gasteiger partial charge in [0, 0.05) is 31.3 Å². The first-order valence-electron chi connectivity index (χ1n) is 9.57. The Balaban J connectivity index is 1.73. The molecule has 3 rings (SSSR count). The second-order valence-electron chi connectivity index (χ2n) is 7.73. The van der Waals surface area contributed by atoms with Crippen molar-refractivity contribution in [3.8, 4) is 5.88 Å². The number of aliphatic hydroxyl groups is 1. The molecule has 29 heavy (non-hydrogen) atoms. The van der Waals surface area contributed by atoms with Gasteiger partial charge in [-0.15, -0.1) is 0 Å². The van der Waals surface area contributed by atoms with Crippen molar-refractivity contribution in [3.05, 3.63) is 41.4 Å². The van der Waals surface area contributed by atoms with E-state index in [-0.39, 0.29) is 30.7 Å². The van der Waals surface area contributed by atoms with Crippen molar-refractivity contribution >= 4 is 11.8 Å². The molecule has 0 aromatic carbocycles. The molecule has 1 saturated heterocycles. The molecular formula is C20H26N4O5. The Bertz CT molecular complexity index is 864. The fourth-order valence-electron chi connectivity index (χ4n) is 3.44. The van der Waals surface area contributed by atoms with Crippen LogP contribution in [0.25, 0.3) is 0 Å². The normalized spacial score (nSPS) is 20.0. The van der Waals surface area contributed by atoms with E-state index in [1.54, 1.807) is 31.3 Å². The van der Waals surface area contributed by atoms with Crippen LogP contribution in [0.3, 0.4) is 0 Å². The molecule has 0 radical (unpaired) electrons. The van der Waals surface area contributed by atoms with Crippen LogP contribution in [0.5, 0.6) is 5.88 Å². The Labute approximate surface area is 169 Å². The fourth-order valence-corrected chi connectivity index (χ4v) is 3.44. The summed E-state index contributed by atoms with van der Waals surface area (Å²) in [6.07, 6.45) is 0.947. The Hall–Kier alpha value is -2.94. The number of amides is 2. The Morgan fingerprint density at radius 1 is 1.34 bits per heavy atom. The zero-order chi connectivity index (χ0) is 21.1. The number of carbonyl (C=O) groups is 2. The van der Waals surface area contributed by atoms with E-state index in [0.717, 1.165) is 5.56 Å². The molecule has 1 fully saturated rings. The van der Waals surface area contributed by atoms with Gasteiger partial charge in [-0.1, -0.05) is 25.1 Å². The minimum atomic E-state index is -0.854. The second kappa shape index (κ2) is 8.60. The number of pyridine rings is 1. The van der Waals surface area contributed by atoms with E-state index in [1.165, 1.54) is 4.90 Å². The van der Waals surface area contributed by atoms with E-state index in [2.05, 4.69) is 15.6 Å². The smallest absolute Gasteiger partial charge is 0.275 e. The van der Waals surface area contributed by atoms with Gasteiger partial charge in [0.2, 0.25) is 11.8 Å². The number of β-amino-alcohol motifs (C(OH)–C–C–N with tert-alkyl or cyclic N) is 1. The van der Waals surface area contributed by atoms with Gasteiger partial charge in [0.15, 0.2) is 0 Å². The maximum Gasteiger partial charge on any atom is 0.275 e. The van der Waals surface area contributed by atoms with Crippen molar-refractivity contribution in [1.82, 2.24) is 20.5 Å². The number of nitrogens with zero attached hydrogens (tertiary/aromatic N) is 3. The molecule has 2 amide bonds. The number of rotatable bonds is 6. The van der Waals surface area contributed by atoms with E-state index in [1.807, 2.05) is 20.8 Å². The van der Waals surface area contributed by atoms with Gasteiger partial charge in [0.1, 0.15) is 17.7 Å². The molecule has 0 aliphatic carbocycles. The minimum absolute atomic E-state index is 0.0655. The van der Waals surface area contributed by atoms with Gasteiger partial charge in [0.05, 0.1) is 11.8 Å². The monoisotopic (exact) mass is 402 g/mol. The standard InChI is InChI=1S/C20H26N4O5/c1-11(2)18(16-7-13(4)22-28-16)20(27)24-10-14(25)8-15(24)19(26)23-29-17-6-5-12(3)9-21-17/h5-7,9,11,14-15,18,25H,8,10H2,1-4H3,(H,23,26). The van der Waals surface area contributed by atoms with Crippen LogP contribution in [-0.2, 0) is 9.59 Å². The van der Waals surface area contributed by atoms with Gasteiger partial charge < -0.3 is 19.4 Å². The van der Waals surface area contributed by atoms with Gasteiger partial charge in [-0.05, 0) is 25.3 Å². The lowest BCUT2D eigenvalue weighted by atomic mass is 9.91. The van der Waals surface area contributed by atoms with Crippen molar-refractivity contribution in [2.75, 3.05) is 6.54 Å². The van der Waals surface area contributed by atoms with Gasteiger partial charge >= 0.3 is 0 Å². The molecule has 2 aromatic rings. The average Bonchev–Trinajstić information content (AvgIpc) is 3.26. The number of hydrogen-bond donors (Lipinski definition) is 2. The number of hydroxylamine groups is 1. The number of aromatic nitrogens is 2. The van der Waals surface area contributed by atoms with Gasteiger partial charge in [0.25, 0.3) is 5.91 Å². The highest BCUT2D eigenvalue weighted by Gasteiger charge is 2.43. The molecule has 0 bridgehead atoms. The largest absolute Gasteiger partial charge is 0.391 e. The molecule has 9 heteroatoms. The summed E-state index contributed by atoms with van der Waals surface area (Å²) in [5, 5.41) is 14.0. The Kier molecular flexibility index (Phi) is 6.17. The van der Waals surface area contributed by atoms with Crippen molar-refractivity contribution in [1.29, 1.82) is 0 Å². The van der Waals surface area contributed by atoms with Gasteiger partial charge in [-0.3, -0.25) is 9.59 Å². The summed E-state index contributed by atoms with van der Waals surface area (Å²) in [4.78, 5) is 36.6. The molecule has 9 nitrogen and oxygen atoms in total. The molecule has 1 aliphatic heterocycles. The van der Waals surface area contributed by atoms with Crippen molar-refractivity contribution in [2.24, 2.45) is 5.92 Å². The molecule has 2 aromatic heterocycles. The van der Waals surface area contributed by atoms with E-state index >= 15 is 0 Å². The van der Waals surface area contributed by atoms with Gasteiger partial charge in [-0.25, -0.2) is 4.98 Å². The average molecular weight is 402 g/mol. The minimum Gasteiger partial charge on any atom is -0.391 e. The number of aryl methyl sites for hydroxylation is 2. The summed E-state index contributed by atoms with van der Waals surface area (Å²) in [7, 11) is 0. The topological polar surface area (TPSA) is 118 Å². The van der Waals surface area contributed by atoms with Gasteiger partial charge in [-0.2, -0.15) is 5.48 Å². The predicted molar refractivity (Wildman–Crippen MR) is 103 cm³/mol. The fraction of sp³-hybridized carbons (Fsp3) is 0.500. The maximum absolute atomic E-state index is 13.3. The number of nitrogens with one attached hydrogen (secondary N) is 1. The molecular weight excluding hydrogens is 376 g/mol. The molecule has 1 aliphatic rings. The molecule has 3 heterocycles. The third kappa shape index (κ3) is 4.73. The van der Waals surface area contributed by atoms with Crippen LogP contribution in [0.15, 0.2) is 28.9 Å². The maximum atomic E-state index is 13.3. The summed E-state index contributed by atoms with van der Waals surface area (Å²) < 4.78 is 5.31. The van der Waals surface area contributed by atoms with Crippen LogP contribution in [0.2, 0.25) is 0 Å². The van der Waals surface area contributed by atoms with Crippen LogP contribution in [0.1, 0.15) is 43.2 Å². The van der Waals surface area contributed by atoms with E-state index < -0.39 is 24.0 Å². The lowest BCUT2D eigenvalue weighted by Crippen LogP contribution is -2.48. The summed E-state index contributed by atoms with van der Waals surface area (Å²) in [5.41, 5.74) is 3.97. The van der Waals surface area contributed by atoms with Crippen LogP contribution in [0.4, 0.5) is 0 Å². The third-order valence-corrected chi connectivity index (χ3v) is 4.89. The first-order chi connectivity index (χ1) is 13.8. The lowest BCUT2D eigenvalue weighted by Gasteiger charge is -2.28. The SMILES string of the molecule is Cc1ccc(ONC(=O)C2CC(O)CN2C(=O)C(c2cc(C)no2)C(C)C)nc1. The highest BCUT2D eigenvalue weighted by molar-refractivity contribution is 5.90. The van der Waals surface area contributed by atoms with Crippen LogP contribution >= 0.6 is 0 Å². The third-order valence-electron chi connectivity index (χ3n) is 4.89. The number of carbonyl (C=O) groups excluding carboxylic acids is 2. The highest BCUT2D eigenvalue weighted by atomic mass is 16.7. The van der Waals surface area contributed by atoms with Crippen molar-refractivity contribution < 1.29 is 24.1 Å². The first-order valence-corrected chi connectivity index (χ1v) is 9.57. The Morgan fingerprint density at radius 2 is 2.10 bits per heavy atom. The molecule has 3 atom stereocenters. The summed E-state index contributed by atoms with van der Waals surface area (Å²) in [6.45, 7) is 7.53. The van der Waals surface area contributed by atoms with E-state index in [9.17, 15) is 14.7 Å². The van der Waals surface area contributed by atoms with Crippen molar-refractivity contribution in [3.63, 3.8) is 0 Å². The van der Waals surface area contributed by atoms with Crippen LogP contribution in [-0.4, -0.2) is 50.7 Å². The first kappa shape index (κ1) is 20.8. The van der Waals surface area contributed by atoms with Crippen LogP contribution in [0, 0.1) is 19.8 Å². The van der Waals surface area contributed by atoms with Crippen LogP contribution < -0.4 is 10.3 Å². The number of likely N-dealkylation sites (tertiary alicyclic amines) is 1. The summed E-state index contributed by atoms with van der Waals surface area (Å²) >= 11 is 0. The summed E-state index contributed by atoms with van der Waals surface area (Å²) in [5.74, 6) is -0.809. The quantitative estimate of drug-likeness (QED) is 0.703. The lowest BCUT2D eigenvalue weighted by molar-refractivity contribution is -0.143. The number of aliphatic hydroxyl groups excluding tert-OH is 1. The van der Waals surface area contributed by atoms with E-state index in [4.69, 9.17) is 9.36 Å². The molecule has 0 saturated carbocycles. The zero-order valence-electron chi connectivity index (χ0n) is 17.0. The molecule has 2 N–H and O–H groups in total. The summed E-state index contributed by atoms with van der Waals surface area (Å²) in [6, 6.07) is 4.29. The molecule has 156 valence electrons. The van der Waals surface area contributed by atoms with E-state index in [0.29, 0.717) is 11.5 Å². The highest BCUT2D eigenvalue weighted by Crippen LogP contribution is 2.31. The molecule has 0 spiro atoms. The van der Waals surface area contributed by atoms with Crippen molar-refractivity contribution in [2.45, 2.75) is 52.2 Å². The predicted octanol–water partition coefficient (Wildman–Crippen LogP) is 1.50. The number of hydrogen-bond acceptors (Lipinski definition) is 7.